The van der Waals surface area contributed by atoms with Gasteiger partial charge in [-0.3, -0.25) is 4.79 Å². The molecule has 0 amide bonds. The lowest BCUT2D eigenvalue weighted by molar-refractivity contribution is 0.266. The van der Waals surface area contributed by atoms with Crippen molar-refractivity contribution >= 4 is 33.9 Å². The molecule has 0 spiro atoms. The first kappa shape index (κ1) is 20.8. The fourth-order valence-corrected chi connectivity index (χ4v) is 3.31. The highest BCUT2D eigenvalue weighted by Crippen LogP contribution is 2.19. The van der Waals surface area contributed by atoms with Crippen LogP contribution in [0.2, 0.25) is 0 Å². The third kappa shape index (κ3) is 5.34. The van der Waals surface area contributed by atoms with E-state index < -0.39 is 0 Å². The van der Waals surface area contributed by atoms with Gasteiger partial charge in [-0.2, -0.15) is 0 Å². The minimum absolute atomic E-state index is 0.0505. The molecule has 0 aliphatic heterocycles. The van der Waals surface area contributed by atoms with E-state index in [2.05, 4.69) is 10.3 Å². The van der Waals surface area contributed by atoms with Crippen molar-refractivity contribution in [1.82, 2.24) is 9.88 Å². The Kier molecular flexibility index (Phi) is 6.85. The second-order valence-corrected chi connectivity index (χ2v) is 7.26. The number of benzene rings is 2. The van der Waals surface area contributed by atoms with Gasteiger partial charge in [0.15, 0.2) is 5.11 Å². The first-order valence-corrected chi connectivity index (χ1v) is 9.84. The van der Waals surface area contributed by atoms with E-state index in [-0.39, 0.29) is 12.2 Å². The van der Waals surface area contributed by atoms with E-state index >= 15 is 0 Å². The summed E-state index contributed by atoms with van der Waals surface area (Å²) in [5.41, 5.74) is 3.23. The molecule has 0 aliphatic carbocycles. The number of aryl methyl sites for hydroxylation is 1. The number of aliphatic hydroxyl groups is 1. The summed E-state index contributed by atoms with van der Waals surface area (Å²) in [6.45, 7) is 2.94. The van der Waals surface area contributed by atoms with Gasteiger partial charge in [0.25, 0.3) is 5.56 Å². The molecule has 7 heteroatoms. The lowest BCUT2D eigenvalue weighted by Crippen LogP contribution is -2.37. The zero-order chi connectivity index (χ0) is 20.8. The zero-order valence-corrected chi connectivity index (χ0v) is 17.4. The molecule has 6 nitrogen and oxygen atoms in total. The maximum atomic E-state index is 12.6. The Morgan fingerprint density at radius 1 is 1.21 bits per heavy atom. The summed E-state index contributed by atoms with van der Waals surface area (Å²) in [6, 6.07) is 15.3. The van der Waals surface area contributed by atoms with Crippen LogP contribution in [0.5, 0.6) is 5.75 Å². The van der Waals surface area contributed by atoms with Crippen molar-refractivity contribution in [2.45, 2.75) is 19.9 Å². The van der Waals surface area contributed by atoms with Crippen molar-refractivity contribution in [3.8, 4) is 5.75 Å². The van der Waals surface area contributed by atoms with Crippen LogP contribution in [0.25, 0.3) is 10.9 Å². The molecule has 0 aliphatic rings. The first-order valence-electron chi connectivity index (χ1n) is 9.43. The van der Waals surface area contributed by atoms with Gasteiger partial charge in [-0.1, -0.05) is 17.7 Å². The van der Waals surface area contributed by atoms with E-state index in [0.29, 0.717) is 30.2 Å². The highest BCUT2D eigenvalue weighted by Gasteiger charge is 2.14. The number of anilines is 1. The molecule has 0 bridgehead atoms. The van der Waals surface area contributed by atoms with Crippen molar-refractivity contribution in [2.24, 2.45) is 0 Å². The van der Waals surface area contributed by atoms with Gasteiger partial charge in [0.2, 0.25) is 0 Å². The molecule has 0 radical (unpaired) electrons. The van der Waals surface area contributed by atoms with E-state index in [0.717, 1.165) is 27.9 Å². The van der Waals surface area contributed by atoms with Gasteiger partial charge in [0.05, 0.1) is 13.7 Å². The van der Waals surface area contributed by atoms with E-state index in [1.807, 2.05) is 60.4 Å². The van der Waals surface area contributed by atoms with Crippen LogP contribution >= 0.6 is 12.2 Å². The van der Waals surface area contributed by atoms with E-state index in [1.165, 1.54) is 0 Å². The molecule has 0 fully saturated rings. The zero-order valence-electron chi connectivity index (χ0n) is 16.6. The van der Waals surface area contributed by atoms with Crippen LogP contribution in [-0.2, 0) is 6.54 Å². The van der Waals surface area contributed by atoms with E-state index in [4.69, 9.17) is 17.0 Å². The molecule has 29 heavy (non-hydrogen) atoms. The van der Waals surface area contributed by atoms with Crippen LogP contribution in [0, 0.1) is 6.92 Å². The molecule has 1 aromatic heterocycles. The lowest BCUT2D eigenvalue weighted by atomic mass is 10.1. The molecule has 1 heterocycles. The predicted molar refractivity (Wildman–Crippen MR) is 121 cm³/mol. The summed E-state index contributed by atoms with van der Waals surface area (Å²) < 4.78 is 5.28. The van der Waals surface area contributed by atoms with Gasteiger partial charge in [0, 0.05) is 35.3 Å². The molecule has 152 valence electrons. The van der Waals surface area contributed by atoms with Crippen LogP contribution < -0.4 is 15.6 Å². The van der Waals surface area contributed by atoms with Crippen molar-refractivity contribution < 1.29 is 9.84 Å². The third-order valence-corrected chi connectivity index (χ3v) is 5.03. The number of rotatable bonds is 7. The SMILES string of the molecule is COc1ccc2[nH]c(=O)c(CN(CCCO)C(=S)Nc3ccc(C)cc3)cc2c1. The standard InChI is InChI=1S/C22H25N3O3S/c1-15-4-6-18(7-5-15)23-22(29)25(10-3-11-26)14-17-12-16-13-19(28-2)8-9-20(16)24-21(17)27/h4-9,12-13,26H,3,10-11,14H2,1-2H3,(H,23,29)(H,24,27). The number of hydrogen-bond acceptors (Lipinski definition) is 4. The number of fused-ring (bicyclic) bond motifs is 1. The smallest absolute Gasteiger partial charge is 0.253 e. The van der Waals surface area contributed by atoms with E-state index in [9.17, 15) is 9.90 Å². The molecule has 0 unspecified atom stereocenters. The maximum absolute atomic E-state index is 12.6. The minimum atomic E-state index is -0.158. The Hall–Kier alpha value is -2.90. The largest absolute Gasteiger partial charge is 0.497 e. The van der Waals surface area contributed by atoms with Gasteiger partial charge in [0.1, 0.15) is 5.75 Å². The molecular formula is C22H25N3O3S. The Labute approximate surface area is 175 Å². The number of methoxy groups -OCH3 is 1. The monoisotopic (exact) mass is 411 g/mol. The molecule has 3 N–H and O–H groups in total. The Bertz CT molecular complexity index is 1050. The van der Waals surface area contributed by atoms with Crippen molar-refractivity contribution in [3.63, 3.8) is 0 Å². The van der Waals surface area contributed by atoms with E-state index in [1.54, 1.807) is 7.11 Å². The number of pyridine rings is 1. The van der Waals surface area contributed by atoms with Gasteiger partial charge in [-0.25, -0.2) is 0 Å². The number of nitrogens with one attached hydrogen (secondary N) is 2. The normalized spacial score (nSPS) is 10.7. The molecule has 3 aromatic rings. The summed E-state index contributed by atoms with van der Waals surface area (Å²) in [5, 5.41) is 13.9. The predicted octanol–water partition coefficient (Wildman–Crippen LogP) is 3.43. The molecule has 2 aromatic carbocycles. The second kappa shape index (κ2) is 9.54. The van der Waals surface area contributed by atoms with Crippen LogP contribution in [-0.4, -0.2) is 40.4 Å². The number of ether oxygens (including phenoxy) is 1. The minimum Gasteiger partial charge on any atom is -0.497 e. The Morgan fingerprint density at radius 3 is 2.66 bits per heavy atom. The third-order valence-electron chi connectivity index (χ3n) is 4.67. The van der Waals surface area contributed by atoms with Crippen LogP contribution in [0.1, 0.15) is 17.5 Å². The average Bonchev–Trinajstić information content (AvgIpc) is 2.72. The highest BCUT2D eigenvalue weighted by atomic mass is 32.1. The summed E-state index contributed by atoms with van der Waals surface area (Å²) in [7, 11) is 1.61. The first-order chi connectivity index (χ1) is 14.0. The number of hydrogen-bond donors (Lipinski definition) is 3. The topological polar surface area (TPSA) is 77.6 Å². The highest BCUT2D eigenvalue weighted by molar-refractivity contribution is 7.80. The summed E-state index contributed by atoms with van der Waals surface area (Å²) >= 11 is 5.58. The molecular weight excluding hydrogens is 386 g/mol. The quantitative estimate of drug-likeness (QED) is 0.517. The summed E-state index contributed by atoms with van der Waals surface area (Å²) in [5.74, 6) is 0.726. The number of aliphatic hydroxyl groups excluding tert-OH is 1. The molecule has 0 saturated heterocycles. The van der Waals surface area contributed by atoms with Gasteiger partial charge in [-0.15, -0.1) is 0 Å². The second-order valence-electron chi connectivity index (χ2n) is 6.87. The Morgan fingerprint density at radius 2 is 1.97 bits per heavy atom. The number of aromatic amines is 1. The van der Waals surface area contributed by atoms with Gasteiger partial charge in [-0.05, 0) is 62.0 Å². The van der Waals surface area contributed by atoms with Crippen molar-refractivity contribution in [2.75, 3.05) is 25.6 Å². The fourth-order valence-electron chi connectivity index (χ4n) is 3.03. The Balaban J connectivity index is 1.85. The summed E-state index contributed by atoms with van der Waals surface area (Å²) in [6.07, 6.45) is 0.551. The number of aromatic nitrogens is 1. The lowest BCUT2D eigenvalue weighted by Gasteiger charge is -2.25. The number of H-pyrrole nitrogens is 1. The average molecular weight is 412 g/mol. The van der Waals surface area contributed by atoms with Gasteiger partial charge < -0.3 is 25.0 Å². The molecule has 3 rings (SSSR count). The van der Waals surface area contributed by atoms with Gasteiger partial charge >= 0.3 is 0 Å². The van der Waals surface area contributed by atoms with Crippen LogP contribution in [0.15, 0.2) is 53.3 Å². The molecule has 0 atom stereocenters. The van der Waals surface area contributed by atoms with Crippen molar-refractivity contribution in [3.05, 3.63) is 70.0 Å². The maximum Gasteiger partial charge on any atom is 0.253 e. The molecule has 0 saturated carbocycles. The fraction of sp³-hybridized carbons (Fsp3) is 0.273. The van der Waals surface area contributed by atoms with Crippen LogP contribution in [0.4, 0.5) is 5.69 Å². The van der Waals surface area contributed by atoms with Crippen LogP contribution in [0.3, 0.4) is 0 Å². The summed E-state index contributed by atoms with van der Waals surface area (Å²) in [4.78, 5) is 17.4. The number of nitrogens with zero attached hydrogens (tertiary/aromatic N) is 1. The number of thiocarbonyl (C=S) groups is 1. The van der Waals surface area contributed by atoms with Crippen molar-refractivity contribution in [1.29, 1.82) is 0 Å².